The Morgan fingerprint density at radius 3 is 2.89 bits per heavy atom. The molecule has 2 N–H and O–H groups in total. The predicted molar refractivity (Wildman–Crippen MR) is 69.9 cm³/mol. The lowest BCUT2D eigenvalue weighted by Crippen LogP contribution is -2.30. The Morgan fingerprint density at radius 1 is 1.42 bits per heavy atom. The van der Waals surface area contributed by atoms with Gasteiger partial charge in [-0.1, -0.05) is 0 Å². The molecule has 0 aromatic carbocycles. The summed E-state index contributed by atoms with van der Waals surface area (Å²) < 4.78 is 21.4. The van der Waals surface area contributed by atoms with Crippen molar-refractivity contribution in [2.45, 2.75) is 24.6 Å². The molecular weight excluding hydrogens is 370 g/mol. The van der Waals surface area contributed by atoms with Crippen LogP contribution in [0.25, 0.3) is 11.2 Å². The van der Waals surface area contributed by atoms with Crippen LogP contribution in [0.1, 0.15) is 6.23 Å². The fourth-order valence-corrected chi connectivity index (χ4v) is 2.59. The number of nitrogens with zero attached hydrogens (tertiary/aromatic N) is 4. The number of aliphatic hydroxyl groups is 2. The first-order chi connectivity index (χ1) is 9.13. The number of ether oxygens (including phenoxy) is 1. The molecule has 0 amide bonds. The van der Waals surface area contributed by atoms with Crippen LogP contribution in [0.2, 0.25) is 0 Å². The summed E-state index contributed by atoms with van der Waals surface area (Å²) in [5.74, 6) is 0. The Balaban J connectivity index is 2.04. The van der Waals surface area contributed by atoms with Crippen LogP contribution >= 0.6 is 22.6 Å². The molecule has 9 heteroatoms. The third-order valence-corrected chi connectivity index (χ3v) is 3.85. The Labute approximate surface area is 120 Å². The molecule has 3 heterocycles. The van der Waals surface area contributed by atoms with Gasteiger partial charge in [0, 0.05) is 0 Å². The van der Waals surface area contributed by atoms with Crippen molar-refractivity contribution < 1.29 is 19.3 Å². The highest BCUT2D eigenvalue weighted by Gasteiger charge is 2.45. The van der Waals surface area contributed by atoms with Gasteiger partial charge in [-0.05, 0) is 22.6 Å². The number of imidazole rings is 1. The first-order valence-electron chi connectivity index (χ1n) is 5.55. The molecule has 0 aliphatic carbocycles. The van der Waals surface area contributed by atoms with Gasteiger partial charge in [0.2, 0.25) is 0 Å². The van der Waals surface area contributed by atoms with Crippen molar-refractivity contribution in [3.05, 3.63) is 16.4 Å². The van der Waals surface area contributed by atoms with Gasteiger partial charge in [-0.25, -0.2) is 19.3 Å². The predicted octanol–water partition coefficient (Wildman–Crippen LogP) is 0.0196. The number of halogens is 2. The van der Waals surface area contributed by atoms with E-state index in [1.165, 1.54) is 17.2 Å². The minimum atomic E-state index is -1.65. The first kappa shape index (κ1) is 13.1. The molecule has 7 nitrogen and oxygen atoms in total. The van der Waals surface area contributed by atoms with E-state index in [1.54, 1.807) is 0 Å². The second kappa shape index (κ2) is 4.89. The van der Waals surface area contributed by atoms with E-state index in [0.29, 0.717) is 14.9 Å². The van der Waals surface area contributed by atoms with E-state index in [9.17, 15) is 9.50 Å². The number of fused-ring (bicyclic) bond motifs is 1. The van der Waals surface area contributed by atoms with Crippen LogP contribution in [-0.4, -0.2) is 54.7 Å². The minimum absolute atomic E-state index is 0.429. The topological polar surface area (TPSA) is 93.3 Å². The highest BCUT2D eigenvalue weighted by molar-refractivity contribution is 14.1. The first-order valence-corrected chi connectivity index (χ1v) is 6.63. The highest BCUT2D eigenvalue weighted by atomic mass is 127. The Bertz CT molecular complexity index is 609. The zero-order valence-corrected chi connectivity index (χ0v) is 11.7. The van der Waals surface area contributed by atoms with Crippen LogP contribution in [0.4, 0.5) is 4.39 Å². The smallest absolute Gasteiger partial charge is 0.173 e. The molecule has 1 saturated heterocycles. The summed E-state index contributed by atoms with van der Waals surface area (Å²) in [6.45, 7) is -0.447. The summed E-state index contributed by atoms with van der Waals surface area (Å²) in [4.78, 5) is 12.2. The second-order valence-corrected chi connectivity index (χ2v) is 5.19. The fourth-order valence-electron chi connectivity index (χ4n) is 2.09. The van der Waals surface area contributed by atoms with E-state index in [1.807, 2.05) is 22.6 Å². The van der Waals surface area contributed by atoms with Crippen LogP contribution in [0.5, 0.6) is 0 Å². The van der Waals surface area contributed by atoms with Crippen molar-refractivity contribution >= 4 is 33.8 Å². The third-order valence-electron chi connectivity index (χ3n) is 3.06. The molecule has 4 atom stereocenters. The minimum Gasteiger partial charge on any atom is -0.394 e. The Morgan fingerprint density at radius 2 is 2.21 bits per heavy atom. The summed E-state index contributed by atoms with van der Waals surface area (Å²) >= 11 is 2.00. The molecule has 102 valence electrons. The molecule has 0 radical (unpaired) electrons. The monoisotopic (exact) mass is 380 g/mol. The molecule has 1 aliphatic rings. The SMILES string of the molecule is OC[C@H]1O[C@@H](n2cnc3c(I)ncnc32)[C@H](F)[C@@H]1O. The van der Waals surface area contributed by atoms with E-state index in [4.69, 9.17) is 9.84 Å². The molecule has 2 aromatic rings. The zero-order chi connectivity index (χ0) is 13.6. The van der Waals surface area contributed by atoms with Crippen LogP contribution in [-0.2, 0) is 4.74 Å². The van der Waals surface area contributed by atoms with Gasteiger partial charge in [0.1, 0.15) is 27.8 Å². The third kappa shape index (κ3) is 2.00. The van der Waals surface area contributed by atoms with E-state index in [-0.39, 0.29) is 0 Å². The standard InChI is InChI=1S/C10H10FIN4O3/c11-5-7(18)4(1-17)19-10(5)16-3-15-6-8(12)13-2-14-9(6)16/h2-5,7,10,17-18H,1H2/t4-,5-,7-,10-/m1/s1. The number of rotatable bonds is 2. The molecule has 0 bridgehead atoms. The number of hydrogen-bond donors (Lipinski definition) is 2. The number of alkyl halides is 1. The normalized spacial score (nSPS) is 31.2. The summed E-state index contributed by atoms with van der Waals surface area (Å²) in [6, 6.07) is 0. The molecule has 0 unspecified atom stereocenters. The summed E-state index contributed by atoms with van der Waals surface area (Å²) in [5, 5.41) is 18.6. The Hall–Kier alpha value is -0.910. The maximum absolute atomic E-state index is 14.0. The zero-order valence-electron chi connectivity index (χ0n) is 9.52. The van der Waals surface area contributed by atoms with E-state index >= 15 is 0 Å². The van der Waals surface area contributed by atoms with Gasteiger partial charge in [-0.2, -0.15) is 0 Å². The summed E-state index contributed by atoms with van der Waals surface area (Å²) in [6.07, 6.45) is -2.27. The van der Waals surface area contributed by atoms with Crippen LogP contribution in [0, 0.1) is 3.70 Å². The average Bonchev–Trinajstić information content (AvgIpc) is 2.94. The lowest BCUT2D eigenvalue weighted by atomic mass is 10.1. The van der Waals surface area contributed by atoms with Crippen LogP contribution in [0.3, 0.4) is 0 Å². The number of hydrogen-bond acceptors (Lipinski definition) is 6. The quantitative estimate of drug-likeness (QED) is 0.564. The average molecular weight is 380 g/mol. The van der Waals surface area contributed by atoms with Gasteiger partial charge in [0.25, 0.3) is 0 Å². The van der Waals surface area contributed by atoms with Gasteiger partial charge in [-0.3, -0.25) is 4.57 Å². The van der Waals surface area contributed by atoms with Gasteiger partial charge in [-0.15, -0.1) is 0 Å². The fraction of sp³-hybridized carbons (Fsp3) is 0.500. The summed E-state index contributed by atoms with van der Waals surface area (Å²) in [5.41, 5.74) is 0.971. The summed E-state index contributed by atoms with van der Waals surface area (Å²) in [7, 11) is 0. The molecule has 1 aliphatic heterocycles. The van der Waals surface area contributed by atoms with Gasteiger partial charge < -0.3 is 14.9 Å². The molecule has 3 rings (SSSR count). The van der Waals surface area contributed by atoms with Crippen LogP contribution < -0.4 is 0 Å². The van der Waals surface area contributed by atoms with Crippen molar-refractivity contribution in [3.63, 3.8) is 0 Å². The second-order valence-electron chi connectivity index (χ2n) is 4.17. The van der Waals surface area contributed by atoms with Crippen molar-refractivity contribution in [3.8, 4) is 0 Å². The van der Waals surface area contributed by atoms with Crippen molar-refractivity contribution in [1.82, 2.24) is 19.5 Å². The van der Waals surface area contributed by atoms with Crippen LogP contribution in [0.15, 0.2) is 12.7 Å². The lowest BCUT2D eigenvalue weighted by Gasteiger charge is -2.14. The van der Waals surface area contributed by atoms with Gasteiger partial charge >= 0.3 is 0 Å². The molecule has 0 spiro atoms. The molecule has 2 aromatic heterocycles. The van der Waals surface area contributed by atoms with Crippen molar-refractivity contribution in [2.24, 2.45) is 0 Å². The molecule has 19 heavy (non-hydrogen) atoms. The van der Waals surface area contributed by atoms with Crippen molar-refractivity contribution in [1.29, 1.82) is 0 Å². The maximum Gasteiger partial charge on any atom is 0.173 e. The van der Waals surface area contributed by atoms with Crippen molar-refractivity contribution in [2.75, 3.05) is 6.61 Å². The maximum atomic E-state index is 14.0. The van der Waals surface area contributed by atoms with E-state index in [0.717, 1.165) is 0 Å². The van der Waals surface area contributed by atoms with Gasteiger partial charge in [0.15, 0.2) is 18.0 Å². The largest absolute Gasteiger partial charge is 0.394 e. The number of aromatic nitrogens is 4. The molecule has 0 saturated carbocycles. The van der Waals surface area contributed by atoms with Gasteiger partial charge in [0.05, 0.1) is 12.9 Å². The lowest BCUT2D eigenvalue weighted by molar-refractivity contribution is -0.0459. The highest BCUT2D eigenvalue weighted by Crippen LogP contribution is 2.33. The molecule has 1 fully saturated rings. The molecular formula is C10H10FIN4O3. The van der Waals surface area contributed by atoms with E-state index < -0.39 is 31.2 Å². The van der Waals surface area contributed by atoms with E-state index in [2.05, 4.69) is 15.0 Å². The number of aliphatic hydroxyl groups excluding tert-OH is 2. The Kier molecular flexibility index (Phi) is 3.37.